The lowest BCUT2D eigenvalue weighted by atomic mass is 9.79. The van der Waals surface area contributed by atoms with Crippen LogP contribution in [-0.2, 0) is 16.1 Å². The lowest BCUT2D eigenvalue weighted by molar-refractivity contribution is -0.183. The van der Waals surface area contributed by atoms with Gasteiger partial charge in [0.25, 0.3) is 5.91 Å². The highest BCUT2D eigenvalue weighted by Gasteiger charge is 2.64. The first-order valence-electron chi connectivity index (χ1n) is 10.8. The molecule has 1 aromatic carbocycles. The third-order valence-electron chi connectivity index (χ3n) is 7.33. The maximum absolute atomic E-state index is 13.6. The summed E-state index contributed by atoms with van der Waals surface area (Å²) in [7, 11) is 0. The van der Waals surface area contributed by atoms with Gasteiger partial charge in [0, 0.05) is 30.7 Å². The SMILES string of the molecule is O=C1[C@@H]2C[C@@H](O)CN2C2(CN(C3CCCCC3)C2)C(=O)N1Cc1ccccc1Cl. The number of rotatable bonds is 3. The van der Waals surface area contributed by atoms with Crippen LogP contribution >= 0.6 is 11.6 Å². The minimum absolute atomic E-state index is 0.125. The molecule has 0 unspecified atom stereocenters. The molecule has 3 aliphatic heterocycles. The molecule has 1 spiro atoms. The summed E-state index contributed by atoms with van der Waals surface area (Å²) in [4.78, 5) is 32.7. The number of piperazine rings is 1. The fourth-order valence-corrected chi connectivity index (χ4v) is 5.96. The van der Waals surface area contributed by atoms with Gasteiger partial charge in [0.15, 0.2) is 0 Å². The number of carbonyl (C=O) groups is 2. The zero-order valence-electron chi connectivity index (χ0n) is 16.6. The van der Waals surface area contributed by atoms with Crippen molar-refractivity contribution in [1.29, 1.82) is 0 Å². The van der Waals surface area contributed by atoms with Gasteiger partial charge in [-0.15, -0.1) is 0 Å². The summed E-state index contributed by atoms with van der Waals surface area (Å²) in [5.41, 5.74) is 0.0934. The molecule has 29 heavy (non-hydrogen) atoms. The average Bonchev–Trinajstić information content (AvgIpc) is 3.08. The van der Waals surface area contributed by atoms with E-state index in [1.54, 1.807) is 6.07 Å². The molecule has 4 aliphatic rings. The van der Waals surface area contributed by atoms with Crippen molar-refractivity contribution < 1.29 is 14.7 Å². The van der Waals surface area contributed by atoms with Crippen molar-refractivity contribution in [3.63, 3.8) is 0 Å². The lowest BCUT2D eigenvalue weighted by Crippen LogP contribution is -2.82. The van der Waals surface area contributed by atoms with Crippen LogP contribution in [0.5, 0.6) is 0 Å². The van der Waals surface area contributed by atoms with E-state index in [1.165, 1.54) is 37.0 Å². The van der Waals surface area contributed by atoms with Gasteiger partial charge in [0.05, 0.1) is 18.7 Å². The summed E-state index contributed by atoms with van der Waals surface area (Å²) in [5, 5.41) is 10.9. The first-order chi connectivity index (χ1) is 14.0. The predicted octanol–water partition coefficient (Wildman–Crippen LogP) is 2.03. The number of aliphatic hydroxyl groups excluding tert-OH is 1. The first-order valence-corrected chi connectivity index (χ1v) is 11.2. The number of amides is 2. The van der Waals surface area contributed by atoms with Gasteiger partial charge in [-0.3, -0.25) is 24.3 Å². The summed E-state index contributed by atoms with van der Waals surface area (Å²) in [6.07, 6.45) is 6.04. The van der Waals surface area contributed by atoms with Crippen LogP contribution in [-0.4, -0.2) is 75.0 Å². The second kappa shape index (κ2) is 7.34. The van der Waals surface area contributed by atoms with Crippen LogP contribution in [0.4, 0.5) is 0 Å². The normalized spacial score (nSPS) is 30.6. The molecule has 5 rings (SSSR count). The van der Waals surface area contributed by atoms with E-state index in [9.17, 15) is 14.7 Å². The van der Waals surface area contributed by atoms with Gasteiger partial charge in [-0.05, 0) is 30.9 Å². The van der Waals surface area contributed by atoms with Crippen molar-refractivity contribution in [2.45, 2.75) is 68.8 Å². The fraction of sp³-hybridized carbons (Fsp3) is 0.636. The molecule has 3 heterocycles. The van der Waals surface area contributed by atoms with Crippen molar-refractivity contribution in [2.24, 2.45) is 0 Å². The van der Waals surface area contributed by atoms with Crippen LogP contribution in [0.2, 0.25) is 5.02 Å². The molecule has 1 saturated carbocycles. The number of carbonyl (C=O) groups excluding carboxylic acids is 2. The summed E-state index contributed by atoms with van der Waals surface area (Å²) in [6, 6.07) is 7.49. The molecule has 3 saturated heterocycles. The van der Waals surface area contributed by atoms with E-state index >= 15 is 0 Å². The molecule has 2 amide bonds. The van der Waals surface area contributed by atoms with Crippen LogP contribution in [0, 0.1) is 0 Å². The molecule has 6 nitrogen and oxygen atoms in total. The van der Waals surface area contributed by atoms with Gasteiger partial charge in [-0.2, -0.15) is 0 Å². The number of aliphatic hydroxyl groups is 1. The van der Waals surface area contributed by atoms with Crippen LogP contribution in [0.25, 0.3) is 0 Å². The van der Waals surface area contributed by atoms with E-state index in [-0.39, 0.29) is 18.4 Å². The van der Waals surface area contributed by atoms with E-state index in [1.807, 2.05) is 23.1 Å². The number of likely N-dealkylation sites (tertiary alicyclic amines) is 1. The van der Waals surface area contributed by atoms with Gasteiger partial charge < -0.3 is 5.11 Å². The summed E-state index contributed by atoms with van der Waals surface area (Å²) in [6.45, 7) is 1.92. The van der Waals surface area contributed by atoms with E-state index in [2.05, 4.69) is 4.90 Å². The number of hydrogen-bond acceptors (Lipinski definition) is 5. The van der Waals surface area contributed by atoms with E-state index in [4.69, 9.17) is 11.6 Å². The van der Waals surface area contributed by atoms with Gasteiger partial charge in [-0.1, -0.05) is 49.1 Å². The molecule has 2 atom stereocenters. The van der Waals surface area contributed by atoms with Gasteiger partial charge in [0.2, 0.25) is 5.91 Å². The first kappa shape index (κ1) is 19.5. The Morgan fingerprint density at radius 1 is 1.10 bits per heavy atom. The Morgan fingerprint density at radius 2 is 1.83 bits per heavy atom. The van der Waals surface area contributed by atoms with Crippen LogP contribution < -0.4 is 0 Å². The summed E-state index contributed by atoms with van der Waals surface area (Å²) >= 11 is 6.31. The van der Waals surface area contributed by atoms with Crippen LogP contribution in [0.3, 0.4) is 0 Å². The van der Waals surface area contributed by atoms with Crippen molar-refractivity contribution in [3.05, 3.63) is 34.9 Å². The minimum atomic E-state index is -0.686. The van der Waals surface area contributed by atoms with Crippen molar-refractivity contribution in [3.8, 4) is 0 Å². The Balaban J connectivity index is 1.42. The quantitative estimate of drug-likeness (QED) is 0.762. The molecular formula is C22H28ClN3O3. The molecule has 1 aromatic rings. The summed E-state index contributed by atoms with van der Waals surface area (Å²) in [5.74, 6) is -0.326. The Labute approximate surface area is 176 Å². The highest BCUT2D eigenvalue weighted by atomic mass is 35.5. The molecule has 4 fully saturated rings. The van der Waals surface area contributed by atoms with Gasteiger partial charge in [-0.25, -0.2) is 0 Å². The Hall–Kier alpha value is -1.47. The molecular weight excluding hydrogens is 390 g/mol. The Kier molecular flexibility index (Phi) is 4.93. The van der Waals surface area contributed by atoms with Crippen molar-refractivity contribution >= 4 is 23.4 Å². The number of benzene rings is 1. The van der Waals surface area contributed by atoms with Crippen LogP contribution in [0.15, 0.2) is 24.3 Å². The largest absolute Gasteiger partial charge is 0.392 e. The Morgan fingerprint density at radius 3 is 2.55 bits per heavy atom. The van der Waals surface area contributed by atoms with E-state index in [0.29, 0.717) is 37.1 Å². The lowest BCUT2D eigenvalue weighted by Gasteiger charge is -2.60. The average molecular weight is 418 g/mol. The second-order valence-corrected chi connectivity index (χ2v) is 9.51. The number of hydrogen-bond donors (Lipinski definition) is 1. The molecule has 156 valence electrons. The highest BCUT2D eigenvalue weighted by Crippen LogP contribution is 2.43. The smallest absolute Gasteiger partial charge is 0.252 e. The molecule has 1 N–H and O–H groups in total. The van der Waals surface area contributed by atoms with E-state index < -0.39 is 17.7 Å². The predicted molar refractivity (Wildman–Crippen MR) is 109 cm³/mol. The standard InChI is InChI=1S/C22H28ClN3O3/c23-18-9-5-4-6-15(18)11-25-20(28)19-10-17(27)12-26(19)22(21(25)29)13-24(14-22)16-7-2-1-3-8-16/h4-6,9,16-17,19,27H,1-3,7-8,10-14H2/t17-,19+/m1/s1. The van der Waals surface area contributed by atoms with Crippen LogP contribution in [0.1, 0.15) is 44.1 Å². The maximum atomic E-state index is 13.6. The molecule has 1 aliphatic carbocycles. The molecule has 0 radical (unpaired) electrons. The zero-order chi connectivity index (χ0) is 20.2. The minimum Gasteiger partial charge on any atom is -0.392 e. The molecule has 0 aromatic heterocycles. The summed E-state index contributed by atoms with van der Waals surface area (Å²) < 4.78 is 0. The van der Waals surface area contributed by atoms with Gasteiger partial charge in [0.1, 0.15) is 5.54 Å². The zero-order valence-corrected chi connectivity index (χ0v) is 17.4. The Bertz CT molecular complexity index is 819. The number of β-amino-alcohol motifs (C(OH)–C–C–N with tert-alkyl or cyclic N) is 1. The fourth-order valence-electron chi connectivity index (χ4n) is 5.77. The van der Waals surface area contributed by atoms with Crippen molar-refractivity contribution in [2.75, 3.05) is 19.6 Å². The van der Waals surface area contributed by atoms with Crippen molar-refractivity contribution in [1.82, 2.24) is 14.7 Å². The van der Waals surface area contributed by atoms with Gasteiger partial charge >= 0.3 is 0 Å². The second-order valence-electron chi connectivity index (χ2n) is 9.11. The third kappa shape index (κ3) is 3.12. The monoisotopic (exact) mass is 417 g/mol. The number of fused-ring (bicyclic) bond motifs is 2. The molecule has 7 heteroatoms. The number of halogens is 1. The van der Waals surface area contributed by atoms with E-state index in [0.717, 1.165) is 5.56 Å². The number of imide groups is 1. The maximum Gasteiger partial charge on any atom is 0.252 e. The third-order valence-corrected chi connectivity index (χ3v) is 7.70. The highest BCUT2D eigenvalue weighted by molar-refractivity contribution is 6.31. The topological polar surface area (TPSA) is 64.1 Å². The molecule has 0 bridgehead atoms. The number of nitrogens with zero attached hydrogens (tertiary/aromatic N) is 3.